The lowest BCUT2D eigenvalue weighted by molar-refractivity contribution is 0.162. The second kappa shape index (κ2) is 11.7. The molecule has 0 rings (SSSR count). The van der Waals surface area contributed by atoms with Crippen molar-refractivity contribution in [2.45, 2.75) is 18.9 Å². The third-order valence-corrected chi connectivity index (χ3v) is 0.810. The molecule has 0 heterocycles. The summed E-state index contributed by atoms with van der Waals surface area (Å²) in [6.45, 7) is 5.67. The van der Waals surface area contributed by atoms with Gasteiger partial charge in [0.15, 0.2) is 5.01 Å². The van der Waals surface area contributed by atoms with Crippen LogP contribution < -0.4 is 0 Å². The molecule has 60 valence electrons. The minimum absolute atomic E-state index is 0.775. The Hall–Kier alpha value is -0.0400. The zero-order chi connectivity index (χ0) is 8.41. The van der Waals surface area contributed by atoms with Gasteiger partial charge in [-0.05, 0) is 29.8 Å². The number of aliphatic hydroxyl groups excluding tert-OH is 1. The zero-order valence-corrected chi connectivity index (χ0v) is 7.89. The van der Waals surface area contributed by atoms with Gasteiger partial charge in [0.1, 0.15) is 0 Å². The second-order valence-corrected chi connectivity index (χ2v) is 2.15. The molecular formula is C7H13BrO2. The molecule has 3 heteroatoms. The maximum atomic E-state index is 8.04. The van der Waals surface area contributed by atoms with Crippen LogP contribution in [0.15, 0.2) is 0 Å². The number of hydrogen-bond acceptors (Lipinski definition) is 2. The van der Waals surface area contributed by atoms with Gasteiger partial charge in [-0.25, -0.2) is 0 Å². The van der Waals surface area contributed by atoms with E-state index < -0.39 is 5.01 Å². The Kier molecular flexibility index (Phi) is 14.8. The van der Waals surface area contributed by atoms with Crippen LogP contribution in [-0.4, -0.2) is 23.3 Å². The summed E-state index contributed by atoms with van der Waals surface area (Å²) in [6.07, 6.45) is 4.62. The molecule has 2 nitrogen and oxygen atoms in total. The van der Waals surface area contributed by atoms with E-state index in [0.29, 0.717) is 0 Å². The average Bonchev–Trinajstić information content (AvgIpc) is 1.91. The van der Waals surface area contributed by atoms with Gasteiger partial charge in [-0.3, -0.25) is 0 Å². The average molecular weight is 209 g/mol. The predicted molar refractivity (Wildman–Crippen MR) is 45.9 cm³/mol. The lowest BCUT2D eigenvalue weighted by Gasteiger charge is -1.86. The topological polar surface area (TPSA) is 29.5 Å². The molecule has 0 bridgehead atoms. The third-order valence-electron chi connectivity index (χ3n) is 0.546. The van der Waals surface area contributed by atoms with Crippen molar-refractivity contribution in [3.8, 4) is 12.3 Å². The molecule has 0 aliphatic carbocycles. The van der Waals surface area contributed by atoms with Crippen LogP contribution in [0.2, 0.25) is 0 Å². The van der Waals surface area contributed by atoms with E-state index in [2.05, 4.69) is 22.4 Å². The minimum Gasteiger partial charge on any atom is -0.382 e. The smallest absolute Gasteiger partial charge is 0.170 e. The summed E-state index contributed by atoms with van der Waals surface area (Å²) in [5, 5.41) is 7.27. The van der Waals surface area contributed by atoms with E-state index in [1.165, 1.54) is 0 Å². The number of rotatable bonds is 2. The first-order valence-electron chi connectivity index (χ1n) is 3.05. The summed E-state index contributed by atoms with van der Waals surface area (Å²) in [6, 6.07) is 0. The number of hydrogen-bond donors (Lipinski definition) is 1. The van der Waals surface area contributed by atoms with Crippen molar-refractivity contribution in [2.75, 3.05) is 13.2 Å². The Bertz CT molecular complexity index is 84.1. The molecule has 1 unspecified atom stereocenters. The van der Waals surface area contributed by atoms with Crippen LogP contribution in [0.25, 0.3) is 0 Å². The summed E-state index contributed by atoms with van der Waals surface area (Å²) in [5.74, 6) is 2.00. The lowest BCUT2D eigenvalue weighted by Crippen LogP contribution is -1.84. The van der Waals surface area contributed by atoms with Gasteiger partial charge in [0.2, 0.25) is 0 Å². The highest BCUT2D eigenvalue weighted by molar-refractivity contribution is 9.09. The highest BCUT2D eigenvalue weighted by Gasteiger charge is 1.78. The fraction of sp³-hybridized carbons (Fsp3) is 0.714. The van der Waals surface area contributed by atoms with Gasteiger partial charge < -0.3 is 9.84 Å². The highest BCUT2D eigenvalue weighted by atomic mass is 79.9. The van der Waals surface area contributed by atoms with E-state index in [4.69, 9.17) is 9.84 Å². The Morgan fingerprint density at radius 1 is 1.60 bits per heavy atom. The van der Waals surface area contributed by atoms with Gasteiger partial charge in [0.05, 0.1) is 0 Å². The fourth-order valence-corrected chi connectivity index (χ4v) is 0.204. The van der Waals surface area contributed by atoms with Crippen molar-refractivity contribution in [2.24, 2.45) is 0 Å². The van der Waals surface area contributed by atoms with Crippen molar-refractivity contribution in [3.63, 3.8) is 0 Å². The molecule has 0 aliphatic rings. The number of terminal acetylenes is 1. The summed E-state index contributed by atoms with van der Waals surface area (Å²) >= 11 is 2.69. The normalized spacial score (nSPS) is 10.7. The molecule has 0 spiro atoms. The van der Waals surface area contributed by atoms with Gasteiger partial charge >= 0.3 is 0 Å². The zero-order valence-electron chi connectivity index (χ0n) is 6.30. The van der Waals surface area contributed by atoms with E-state index >= 15 is 0 Å². The van der Waals surface area contributed by atoms with E-state index in [9.17, 15) is 0 Å². The Labute approximate surface area is 70.7 Å². The molecule has 10 heavy (non-hydrogen) atoms. The summed E-state index contributed by atoms with van der Waals surface area (Å²) in [5.41, 5.74) is 0. The molecule has 0 saturated heterocycles. The molecule has 0 radical (unpaired) electrons. The van der Waals surface area contributed by atoms with E-state index in [0.717, 1.165) is 13.2 Å². The quantitative estimate of drug-likeness (QED) is 0.549. The van der Waals surface area contributed by atoms with Crippen molar-refractivity contribution in [1.82, 2.24) is 0 Å². The third kappa shape index (κ3) is 24.6. The SMILES string of the molecule is C#CC(O)Br.CCOCC. The first-order chi connectivity index (χ1) is 4.68. The first-order valence-corrected chi connectivity index (χ1v) is 3.96. The van der Waals surface area contributed by atoms with E-state index in [1.807, 2.05) is 19.8 Å². The van der Waals surface area contributed by atoms with Crippen molar-refractivity contribution in [1.29, 1.82) is 0 Å². The van der Waals surface area contributed by atoms with Crippen LogP contribution in [0.1, 0.15) is 13.8 Å². The number of halogens is 1. The standard InChI is InChI=1S/C4H10O.C3H3BrO/c1-3-5-4-2;1-2-3(4)5/h3-4H2,1-2H3;1,3,5H. The van der Waals surface area contributed by atoms with E-state index in [-0.39, 0.29) is 0 Å². The molecular weight excluding hydrogens is 196 g/mol. The van der Waals surface area contributed by atoms with Crippen LogP contribution in [0.5, 0.6) is 0 Å². The van der Waals surface area contributed by atoms with Gasteiger partial charge in [0.25, 0.3) is 0 Å². The van der Waals surface area contributed by atoms with Gasteiger partial charge in [0, 0.05) is 13.2 Å². The van der Waals surface area contributed by atoms with Crippen LogP contribution >= 0.6 is 15.9 Å². The van der Waals surface area contributed by atoms with Crippen LogP contribution in [0.3, 0.4) is 0 Å². The van der Waals surface area contributed by atoms with Crippen molar-refractivity contribution < 1.29 is 9.84 Å². The first kappa shape index (κ1) is 12.6. The second-order valence-electron chi connectivity index (χ2n) is 1.28. The van der Waals surface area contributed by atoms with Gasteiger partial charge in [-0.2, -0.15) is 0 Å². The molecule has 0 aromatic carbocycles. The molecule has 0 fully saturated rings. The number of aliphatic hydroxyl groups is 1. The predicted octanol–water partition coefficient (Wildman–Crippen LogP) is 1.38. The summed E-state index contributed by atoms with van der Waals surface area (Å²) in [7, 11) is 0. The maximum absolute atomic E-state index is 8.04. The van der Waals surface area contributed by atoms with Crippen LogP contribution in [0, 0.1) is 12.3 Å². The Balaban J connectivity index is 0. The molecule has 0 aliphatic heterocycles. The van der Waals surface area contributed by atoms with Crippen LogP contribution in [-0.2, 0) is 4.74 Å². The molecule has 1 N–H and O–H groups in total. The van der Waals surface area contributed by atoms with E-state index in [1.54, 1.807) is 0 Å². The molecule has 0 amide bonds. The summed E-state index contributed by atoms with van der Waals surface area (Å²) in [4.78, 5) is 0. The molecule has 0 saturated carbocycles. The minimum atomic E-state index is -0.775. The largest absolute Gasteiger partial charge is 0.382 e. The number of alkyl halides is 1. The Morgan fingerprint density at radius 3 is 1.90 bits per heavy atom. The van der Waals surface area contributed by atoms with Crippen molar-refractivity contribution in [3.05, 3.63) is 0 Å². The van der Waals surface area contributed by atoms with Gasteiger partial charge in [-0.15, -0.1) is 6.42 Å². The summed E-state index contributed by atoms with van der Waals surface area (Å²) < 4.78 is 4.83. The lowest BCUT2D eigenvalue weighted by atomic mass is 10.8. The Morgan fingerprint density at radius 2 is 1.90 bits per heavy atom. The monoisotopic (exact) mass is 208 g/mol. The maximum Gasteiger partial charge on any atom is 0.170 e. The van der Waals surface area contributed by atoms with Gasteiger partial charge in [-0.1, -0.05) is 5.92 Å². The van der Waals surface area contributed by atoms with Crippen molar-refractivity contribution >= 4 is 15.9 Å². The molecule has 0 aromatic heterocycles. The molecule has 1 atom stereocenters. The van der Waals surface area contributed by atoms with Crippen LogP contribution in [0.4, 0.5) is 0 Å². The number of ether oxygens (including phenoxy) is 1. The highest BCUT2D eigenvalue weighted by Crippen LogP contribution is 1.85. The fourth-order valence-electron chi connectivity index (χ4n) is 0.204. The molecule has 0 aromatic rings.